The van der Waals surface area contributed by atoms with Crippen molar-refractivity contribution in [1.29, 1.82) is 0 Å². The van der Waals surface area contributed by atoms with Crippen molar-refractivity contribution in [3.8, 4) is 23.1 Å². The maximum absolute atomic E-state index is 14.0. The number of anilines is 1. The third-order valence-corrected chi connectivity index (χ3v) is 8.24. The van der Waals surface area contributed by atoms with E-state index in [0.29, 0.717) is 29.2 Å². The SMILES string of the molecule is Cc1cc(Oc2c(F)cccc2F)ncc1-n1ncc(C(=O)c2cc3cc(OC4CCN(CCO)CC4)c(Br)cc3[nH]2)c1N. The third-order valence-electron chi connectivity index (χ3n) is 7.63. The molecule has 13 heteroatoms. The number of carbonyl (C=O) groups excluding carboxylic acids is 1. The van der Waals surface area contributed by atoms with E-state index in [9.17, 15) is 18.7 Å². The Morgan fingerprint density at radius 2 is 1.91 bits per heavy atom. The fraction of sp³-hybridized carbons (Fsp3) is 0.258. The Hall–Kier alpha value is -4.33. The van der Waals surface area contributed by atoms with Gasteiger partial charge in [0.1, 0.15) is 17.7 Å². The average molecular weight is 668 g/mol. The molecule has 0 saturated carbocycles. The van der Waals surface area contributed by atoms with Crippen molar-refractivity contribution in [2.45, 2.75) is 25.9 Å². The number of nitrogens with zero attached hydrogens (tertiary/aromatic N) is 4. The van der Waals surface area contributed by atoms with Crippen LogP contribution in [-0.2, 0) is 0 Å². The first-order chi connectivity index (χ1) is 21.2. The van der Waals surface area contributed by atoms with Gasteiger partial charge in [0.05, 0.1) is 40.4 Å². The lowest BCUT2D eigenvalue weighted by Gasteiger charge is -2.31. The molecule has 6 rings (SSSR count). The Labute approximate surface area is 259 Å². The maximum Gasteiger partial charge on any atom is 0.219 e. The number of aliphatic hydroxyl groups excluding tert-OH is 1. The summed E-state index contributed by atoms with van der Waals surface area (Å²) in [7, 11) is 0. The number of nitrogen functional groups attached to an aromatic ring is 1. The Morgan fingerprint density at radius 3 is 2.61 bits per heavy atom. The molecule has 0 bridgehead atoms. The lowest BCUT2D eigenvalue weighted by Crippen LogP contribution is -2.39. The number of aromatic nitrogens is 4. The van der Waals surface area contributed by atoms with E-state index in [1.165, 1.54) is 29.2 Å². The summed E-state index contributed by atoms with van der Waals surface area (Å²) in [6, 6.07) is 10.4. The zero-order chi connectivity index (χ0) is 31.0. The number of ether oxygens (including phenoxy) is 2. The van der Waals surface area contributed by atoms with Gasteiger partial charge in [0.25, 0.3) is 0 Å². The molecule has 44 heavy (non-hydrogen) atoms. The number of rotatable bonds is 9. The minimum absolute atomic E-state index is 0.0166. The predicted octanol–water partition coefficient (Wildman–Crippen LogP) is 5.54. The maximum atomic E-state index is 14.0. The number of hydrogen-bond donors (Lipinski definition) is 3. The third kappa shape index (κ3) is 5.90. The molecular formula is C31H29BrF2N6O4. The van der Waals surface area contributed by atoms with Gasteiger partial charge in [-0.1, -0.05) is 6.07 Å². The standard InChI is InChI=1S/C31H29BrF2N6O4/c1-17-11-28(44-30-22(33)3-2-4-23(30)34)36-16-26(17)40-31(35)20(15-37-40)29(42)25-12-18-13-27(21(32)14-24(18)38-25)43-19-5-7-39(8-6-19)9-10-41/h2-4,11-16,19,38,41H,5-10,35H2,1H3. The number of hydrogen-bond acceptors (Lipinski definition) is 8. The molecule has 1 aliphatic rings. The number of β-amino-alcohol motifs (C(OH)–C–C–N with tert-alkyl or cyclic N) is 1. The van der Waals surface area contributed by atoms with Crippen molar-refractivity contribution >= 4 is 38.4 Å². The van der Waals surface area contributed by atoms with Gasteiger partial charge in [-0.15, -0.1) is 0 Å². The summed E-state index contributed by atoms with van der Waals surface area (Å²) in [6.45, 7) is 4.28. The molecule has 4 heterocycles. The minimum atomic E-state index is -0.850. The van der Waals surface area contributed by atoms with Crippen LogP contribution in [-0.4, -0.2) is 67.9 Å². The summed E-state index contributed by atoms with van der Waals surface area (Å²) < 4.78 is 41.8. The van der Waals surface area contributed by atoms with Gasteiger partial charge in [-0.2, -0.15) is 5.10 Å². The summed E-state index contributed by atoms with van der Waals surface area (Å²) in [5.41, 5.74) is 8.72. The lowest BCUT2D eigenvalue weighted by molar-refractivity contribution is 0.0885. The molecule has 5 aromatic rings. The van der Waals surface area contributed by atoms with Gasteiger partial charge in [-0.25, -0.2) is 18.4 Å². The smallest absolute Gasteiger partial charge is 0.219 e. The van der Waals surface area contributed by atoms with Crippen molar-refractivity contribution in [2.75, 3.05) is 32.0 Å². The molecule has 2 aromatic carbocycles. The van der Waals surface area contributed by atoms with Crippen molar-refractivity contribution in [2.24, 2.45) is 0 Å². The Kier molecular flexibility index (Phi) is 8.34. The van der Waals surface area contributed by atoms with E-state index >= 15 is 0 Å². The number of H-pyrrole nitrogens is 1. The zero-order valence-electron chi connectivity index (χ0n) is 23.7. The first-order valence-electron chi connectivity index (χ1n) is 14.0. The van der Waals surface area contributed by atoms with Gasteiger partial charge in [0.2, 0.25) is 17.4 Å². The van der Waals surface area contributed by atoms with Crippen LogP contribution in [0.15, 0.2) is 59.3 Å². The fourth-order valence-electron chi connectivity index (χ4n) is 5.27. The lowest BCUT2D eigenvalue weighted by atomic mass is 10.1. The number of benzene rings is 2. The summed E-state index contributed by atoms with van der Waals surface area (Å²) in [5, 5.41) is 14.3. The van der Waals surface area contributed by atoms with E-state index in [-0.39, 0.29) is 35.8 Å². The van der Waals surface area contributed by atoms with Gasteiger partial charge < -0.3 is 30.2 Å². The number of aromatic amines is 1. The molecule has 10 nitrogen and oxygen atoms in total. The number of pyridine rings is 1. The highest BCUT2D eigenvalue weighted by Crippen LogP contribution is 2.34. The first kappa shape index (κ1) is 29.7. The van der Waals surface area contributed by atoms with Crippen LogP contribution in [0.3, 0.4) is 0 Å². The molecule has 0 atom stereocenters. The number of piperidine rings is 1. The topological polar surface area (TPSA) is 132 Å². The zero-order valence-corrected chi connectivity index (χ0v) is 25.3. The molecule has 0 amide bonds. The summed E-state index contributed by atoms with van der Waals surface area (Å²) in [5.74, 6) is -1.82. The highest BCUT2D eigenvalue weighted by Gasteiger charge is 2.24. The number of likely N-dealkylation sites (tertiary alicyclic amines) is 1. The number of aryl methyl sites for hydroxylation is 1. The van der Waals surface area contributed by atoms with E-state index in [0.717, 1.165) is 53.4 Å². The number of nitrogens with one attached hydrogen (secondary N) is 1. The molecule has 0 aliphatic carbocycles. The van der Waals surface area contributed by atoms with Gasteiger partial charge >= 0.3 is 0 Å². The molecule has 1 aliphatic heterocycles. The highest BCUT2D eigenvalue weighted by atomic mass is 79.9. The number of fused-ring (bicyclic) bond motifs is 1. The van der Waals surface area contributed by atoms with Crippen LogP contribution in [0.25, 0.3) is 16.6 Å². The van der Waals surface area contributed by atoms with E-state index in [2.05, 4.69) is 35.9 Å². The molecule has 1 saturated heterocycles. The number of ketones is 1. The summed E-state index contributed by atoms with van der Waals surface area (Å²) in [4.78, 5) is 23.1. The molecule has 0 unspecified atom stereocenters. The molecule has 4 N–H and O–H groups in total. The predicted molar refractivity (Wildman–Crippen MR) is 164 cm³/mol. The molecular weight excluding hydrogens is 638 g/mol. The van der Waals surface area contributed by atoms with Crippen LogP contribution in [0.1, 0.15) is 34.5 Å². The van der Waals surface area contributed by atoms with Gasteiger partial charge in [0, 0.05) is 36.6 Å². The number of halogens is 3. The van der Waals surface area contributed by atoms with E-state index in [1.54, 1.807) is 13.0 Å². The van der Waals surface area contributed by atoms with Crippen molar-refractivity contribution in [1.82, 2.24) is 24.6 Å². The second-order valence-electron chi connectivity index (χ2n) is 10.6. The second-order valence-corrected chi connectivity index (χ2v) is 11.4. The Balaban J connectivity index is 1.20. The molecule has 0 spiro atoms. The van der Waals surface area contributed by atoms with Gasteiger partial charge in [0.15, 0.2) is 11.6 Å². The van der Waals surface area contributed by atoms with Gasteiger partial charge in [-0.05, 0) is 71.6 Å². The normalized spacial score (nSPS) is 14.3. The van der Waals surface area contributed by atoms with E-state index in [4.69, 9.17) is 15.2 Å². The van der Waals surface area contributed by atoms with Crippen molar-refractivity contribution in [3.05, 3.63) is 87.8 Å². The molecule has 228 valence electrons. The summed E-state index contributed by atoms with van der Waals surface area (Å²) in [6.07, 6.45) is 4.57. The number of nitrogens with two attached hydrogens (primary N) is 1. The molecule has 0 radical (unpaired) electrons. The number of carbonyl (C=O) groups is 1. The Bertz CT molecular complexity index is 1830. The first-order valence-corrected chi connectivity index (χ1v) is 14.8. The van der Waals surface area contributed by atoms with Crippen LogP contribution >= 0.6 is 15.9 Å². The summed E-state index contributed by atoms with van der Waals surface area (Å²) >= 11 is 3.59. The van der Waals surface area contributed by atoms with E-state index < -0.39 is 17.4 Å². The Morgan fingerprint density at radius 1 is 1.16 bits per heavy atom. The quantitative estimate of drug-likeness (QED) is 0.175. The van der Waals surface area contributed by atoms with Crippen LogP contribution in [0.2, 0.25) is 0 Å². The van der Waals surface area contributed by atoms with Gasteiger partial charge in [-0.3, -0.25) is 4.79 Å². The van der Waals surface area contributed by atoms with Crippen molar-refractivity contribution < 1.29 is 28.2 Å². The minimum Gasteiger partial charge on any atom is -0.489 e. The average Bonchev–Trinajstić information content (AvgIpc) is 3.59. The van der Waals surface area contributed by atoms with Crippen LogP contribution in [0.4, 0.5) is 14.6 Å². The van der Waals surface area contributed by atoms with Crippen molar-refractivity contribution in [3.63, 3.8) is 0 Å². The van der Waals surface area contributed by atoms with Crippen LogP contribution in [0.5, 0.6) is 17.4 Å². The highest BCUT2D eigenvalue weighted by molar-refractivity contribution is 9.10. The fourth-order valence-corrected chi connectivity index (χ4v) is 5.71. The van der Waals surface area contributed by atoms with Crippen LogP contribution < -0.4 is 15.2 Å². The number of para-hydroxylation sites is 1. The second kappa shape index (κ2) is 12.3. The monoisotopic (exact) mass is 666 g/mol. The molecule has 1 fully saturated rings. The largest absolute Gasteiger partial charge is 0.489 e. The number of aliphatic hydroxyl groups is 1. The van der Waals surface area contributed by atoms with Crippen LogP contribution in [0, 0.1) is 18.6 Å². The molecule has 3 aromatic heterocycles. The van der Waals surface area contributed by atoms with E-state index in [1.807, 2.05) is 12.1 Å².